The molecule has 172 valence electrons. The molecule has 0 aromatic heterocycles. The summed E-state index contributed by atoms with van der Waals surface area (Å²) < 4.78 is 18.9. The normalized spacial score (nSPS) is 16.1. The summed E-state index contributed by atoms with van der Waals surface area (Å²) in [4.78, 5) is 83.9. The number of carbonyl (C=O) groups is 7. The first-order valence-corrected chi connectivity index (χ1v) is 9.29. The molecular weight excluding hydrogens is 432 g/mol. The number of carbonyl (C=O) groups excluding carboxylic acids is 7. The van der Waals surface area contributed by atoms with Crippen molar-refractivity contribution in [3.05, 3.63) is 24.5 Å². The van der Waals surface area contributed by atoms with Gasteiger partial charge in [-0.25, -0.2) is 9.59 Å². The average molecular weight is 452 g/mol. The van der Waals surface area contributed by atoms with Crippen LogP contribution in [-0.2, 0) is 52.5 Å². The lowest BCUT2D eigenvalue weighted by molar-refractivity contribution is -0.160. The summed E-state index contributed by atoms with van der Waals surface area (Å²) in [7, 11) is 0. The second-order valence-electron chi connectivity index (χ2n) is 6.46. The van der Waals surface area contributed by atoms with Crippen LogP contribution in [0.15, 0.2) is 24.5 Å². The smallest absolute Gasteiger partial charge is 0.331 e. The summed E-state index contributed by atoms with van der Waals surface area (Å²) in [5.74, 6) is -6.49. The van der Waals surface area contributed by atoms with Crippen LogP contribution >= 0.6 is 0 Å². The van der Waals surface area contributed by atoms with Gasteiger partial charge in [-0.15, -0.1) is 0 Å². The second-order valence-corrected chi connectivity index (χ2v) is 6.46. The molecule has 13 nitrogen and oxygen atoms in total. The van der Waals surface area contributed by atoms with E-state index in [0.29, 0.717) is 17.9 Å². The summed E-state index contributed by atoms with van der Waals surface area (Å²) in [6.45, 7) is 1.86. The van der Waals surface area contributed by atoms with Crippen LogP contribution in [0.4, 0.5) is 0 Å². The number of hydrogen-bond donors (Lipinski definition) is 0. The lowest BCUT2D eigenvalue weighted by Crippen LogP contribution is -2.47. The third-order valence-corrected chi connectivity index (χ3v) is 4.08. The Morgan fingerprint density at radius 3 is 1.75 bits per heavy atom. The first-order chi connectivity index (χ1) is 15.2. The molecule has 0 N–H and O–H groups in total. The lowest BCUT2D eigenvalue weighted by Gasteiger charge is -2.27. The van der Waals surface area contributed by atoms with Crippen molar-refractivity contribution in [3.8, 4) is 0 Å². The van der Waals surface area contributed by atoms with E-state index < -0.39 is 54.5 Å². The molecule has 0 aromatic carbocycles. The number of nitrogens with zero attached hydrogens (tertiary/aromatic N) is 2. The quantitative estimate of drug-likeness (QED) is 0.166. The van der Waals surface area contributed by atoms with Gasteiger partial charge in [0.05, 0.1) is 19.6 Å². The van der Waals surface area contributed by atoms with Crippen LogP contribution in [0.1, 0.15) is 0 Å². The molecule has 2 heterocycles. The molecule has 0 aliphatic carbocycles. The summed E-state index contributed by atoms with van der Waals surface area (Å²) in [5, 5.41) is 0. The minimum absolute atomic E-state index is 0.0392. The van der Waals surface area contributed by atoms with Crippen LogP contribution in [0.3, 0.4) is 0 Å². The molecule has 0 saturated carbocycles. The van der Waals surface area contributed by atoms with E-state index in [1.165, 1.54) is 4.90 Å². The molecule has 2 saturated heterocycles. The number of hydrogen-bond acceptors (Lipinski definition) is 11. The van der Waals surface area contributed by atoms with E-state index in [4.69, 9.17) is 4.74 Å². The summed E-state index contributed by atoms with van der Waals surface area (Å²) in [6, 6.07) is 0. The molecule has 2 fully saturated rings. The van der Waals surface area contributed by atoms with Gasteiger partial charge in [-0.3, -0.25) is 24.0 Å². The fraction of sp³-hybridized carbons (Fsp3) is 0.421. The van der Waals surface area contributed by atoms with Gasteiger partial charge in [0.15, 0.2) is 13.2 Å². The SMILES string of the molecule is C=C1CN(C(=O)C(=O)COC(=O)/C=C/C(=O)OCC(=O)C(=O)N2CCOC(=O)C2)CCO1. The number of cyclic esters (lactones) is 1. The Kier molecular flexibility index (Phi) is 8.63. The lowest BCUT2D eigenvalue weighted by atomic mass is 10.3. The van der Waals surface area contributed by atoms with E-state index >= 15 is 0 Å². The second kappa shape index (κ2) is 11.4. The molecule has 2 rings (SSSR count). The van der Waals surface area contributed by atoms with Crippen LogP contribution < -0.4 is 0 Å². The Balaban J connectivity index is 1.69. The van der Waals surface area contributed by atoms with E-state index in [1.807, 2.05) is 0 Å². The molecule has 2 aliphatic heterocycles. The summed E-state index contributed by atoms with van der Waals surface area (Å²) >= 11 is 0. The zero-order valence-electron chi connectivity index (χ0n) is 16.9. The summed E-state index contributed by atoms with van der Waals surface area (Å²) in [5.41, 5.74) is 0. The molecule has 32 heavy (non-hydrogen) atoms. The number of Topliss-reactive ketones (excluding diaryl/α,β-unsaturated/α-hetero) is 2. The predicted molar refractivity (Wildman–Crippen MR) is 100 cm³/mol. The van der Waals surface area contributed by atoms with Crippen molar-refractivity contribution < 1.29 is 52.5 Å². The highest BCUT2D eigenvalue weighted by Crippen LogP contribution is 2.07. The maximum Gasteiger partial charge on any atom is 0.331 e. The monoisotopic (exact) mass is 452 g/mol. The van der Waals surface area contributed by atoms with Crippen LogP contribution in [0.25, 0.3) is 0 Å². The van der Waals surface area contributed by atoms with E-state index in [-0.39, 0.29) is 39.4 Å². The molecule has 0 unspecified atom stereocenters. The molecule has 2 aliphatic rings. The average Bonchev–Trinajstić information content (AvgIpc) is 2.78. The molecular formula is C19H20N2O11. The first kappa shape index (κ1) is 24.2. The number of morpholine rings is 2. The first-order valence-electron chi connectivity index (χ1n) is 9.29. The van der Waals surface area contributed by atoms with Gasteiger partial charge in [0.2, 0.25) is 0 Å². The van der Waals surface area contributed by atoms with E-state index in [0.717, 1.165) is 4.90 Å². The highest BCUT2D eigenvalue weighted by molar-refractivity contribution is 6.37. The topological polar surface area (TPSA) is 163 Å². The van der Waals surface area contributed by atoms with Crippen molar-refractivity contribution in [3.63, 3.8) is 0 Å². The highest BCUT2D eigenvalue weighted by atomic mass is 16.5. The Morgan fingerprint density at radius 2 is 1.28 bits per heavy atom. The fourth-order valence-electron chi connectivity index (χ4n) is 2.52. The Bertz CT molecular complexity index is 806. The molecule has 0 bridgehead atoms. The van der Waals surface area contributed by atoms with Crippen LogP contribution in [0.5, 0.6) is 0 Å². The van der Waals surface area contributed by atoms with Crippen molar-refractivity contribution in [1.29, 1.82) is 0 Å². The maximum absolute atomic E-state index is 12.0. The zero-order valence-corrected chi connectivity index (χ0v) is 16.9. The maximum atomic E-state index is 12.0. The number of esters is 3. The van der Waals surface area contributed by atoms with Crippen LogP contribution in [-0.4, -0.2) is 104 Å². The van der Waals surface area contributed by atoms with Crippen LogP contribution in [0, 0.1) is 0 Å². The van der Waals surface area contributed by atoms with E-state index in [9.17, 15) is 33.6 Å². The largest absolute Gasteiger partial charge is 0.495 e. The molecule has 2 amide bonds. The molecule has 0 aromatic rings. The summed E-state index contributed by atoms with van der Waals surface area (Å²) in [6.07, 6.45) is 1.25. The molecule has 0 radical (unpaired) electrons. The minimum atomic E-state index is -1.13. The number of ketones is 2. The number of ether oxygens (including phenoxy) is 4. The van der Waals surface area contributed by atoms with E-state index in [2.05, 4.69) is 20.8 Å². The Morgan fingerprint density at radius 1 is 0.812 bits per heavy atom. The molecule has 13 heteroatoms. The van der Waals surface area contributed by atoms with Gasteiger partial charge in [-0.1, -0.05) is 6.58 Å². The van der Waals surface area contributed by atoms with Crippen LogP contribution in [0.2, 0.25) is 0 Å². The standard InChI is InChI=1S/C19H20N2O11/c1-12-8-20(4-6-29-12)18(27)13(22)10-31-15(24)2-3-16(25)32-11-14(23)19(28)21-5-7-30-17(26)9-21/h2-3H,1,4-11H2/b3-2+. The van der Waals surface area contributed by atoms with Gasteiger partial charge in [0.25, 0.3) is 23.4 Å². The van der Waals surface area contributed by atoms with Gasteiger partial charge in [-0.2, -0.15) is 0 Å². The van der Waals surface area contributed by atoms with E-state index in [1.54, 1.807) is 0 Å². The van der Waals surface area contributed by atoms with Crippen molar-refractivity contribution in [2.45, 2.75) is 0 Å². The van der Waals surface area contributed by atoms with Gasteiger partial charge < -0.3 is 28.7 Å². The fourth-order valence-corrected chi connectivity index (χ4v) is 2.52. The molecule has 0 atom stereocenters. The Labute approximate surface area is 181 Å². The number of amides is 2. The van der Waals surface area contributed by atoms with Gasteiger partial charge >= 0.3 is 17.9 Å². The van der Waals surface area contributed by atoms with Gasteiger partial charge in [-0.05, 0) is 0 Å². The van der Waals surface area contributed by atoms with Crippen molar-refractivity contribution >= 4 is 41.3 Å². The van der Waals surface area contributed by atoms with Gasteiger partial charge in [0, 0.05) is 12.2 Å². The molecule has 0 spiro atoms. The van der Waals surface area contributed by atoms with Gasteiger partial charge in [0.1, 0.15) is 25.5 Å². The Hall–Kier alpha value is -4.03. The third kappa shape index (κ3) is 7.34. The third-order valence-electron chi connectivity index (χ3n) is 4.08. The van der Waals surface area contributed by atoms with Crippen molar-refractivity contribution in [2.24, 2.45) is 0 Å². The highest BCUT2D eigenvalue weighted by Gasteiger charge is 2.28. The minimum Gasteiger partial charge on any atom is -0.495 e. The van der Waals surface area contributed by atoms with Crippen molar-refractivity contribution in [2.75, 3.05) is 52.6 Å². The number of rotatable bonds is 8. The van der Waals surface area contributed by atoms with Crippen molar-refractivity contribution in [1.82, 2.24) is 9.80 Å². The predicted octanol–water partition coefficient (Wildman–Crippen LogP) is -2.47. The zero-order chi connectivity index (χ0) is 23.7.